The van der Waals surface area contributed by atoms with Gasteiger partial charge in [-0.3, -0.25) is 0 Å². The largest absolute Gasteiger partial charge is 0.416 e. The first-order chi connectivity index (χ1) is 9.54. The van der Waals surface area contributed by atoms with Gasteiger partial charge in [-0.05, 0) is 36.6 Å². The molecule has 0 aliphatic rings. The molecule has 0 aliphatic carbocycles. The molecule has 8 heteroatoms. The van der Waals surface area contributed by atoms with Gasteiger partial charge >= 0.3 is 6.18 Å². The number of nitrogens with one attached hydrogen (secondary N) is 1. The van der Waals surface area contributed by atoms with Crippen molar-refractivity contribution < 1.29 is 26.7 Å². The Morgan fingerprint density at radius 2 is 1.71 bits per heavy atom. The van der Waals surface area contributed by atoms with Crippen LogP contribution in [0.3, 0.4) is 0 Å². The summed E-state index contributed by atoms with van der Waals surface area (Å²) < 4.78 is 63.2. The second kappa shape index (κ2) is 6.76. The van der Waals surface area contributed by atoms with Crippen LogP contribution in [0.25, 0.3) is 0 Å². The Kier molecular flexibility index (Phi) is 5.77. The van der Waals surface area contributed by atoms with E-state index in [1.807, 2.05) is 0 Å². The van der Waals surface area contributed by atoms with E-state index in [0.29, 0.717) is 0 Å². The van der Waals surface area contributed by atoms with Crippen LogP contribution in [-0.2, 0) is 16.2 Å². The predicted octanol–water partition coefficient (Wildman–Crippen LogP) is 2.39. The molecule has 1 aromatic rings. The summed E-state index contributed by atoms with van der Waals surface area (Å²) in [6, 6.07) is 3.25. The van der Waals surface area contributed by atoms with Crippen molar-refractivity contribution in [2.45, 2.75) is 37.4 Å². The molecule has 120 valence electrons. The maximum absolute atomic E-state index is 12.4. The normalized spacial score (nSPS) is 14.4. The monoisotopic (exact) mass is 325 g/mol. The lowest BCUT2D eigenvalue weighted by atomic mass is 10.1. The summed E-state index contributed by atoms with van der Waals surface area (Å²) in [4.78, 5) is -0.241. The van der Waals surface area contributed by atoms with Gasteiger partial charge in [0.05, 0.1) is 16.6 Å². The topological polar surface area (TPSA) is 66.4 Å². The zero-order valence-electron chi connectivity index (χ0n) is 11.7. The van der Waals surface area contributed by atoms with Crippen molar-refractivity contribution in [2.24, 2.45) is 5.92 Å². The number of aliphatic hydroxyl groups is 1. The van der Waals surface area contributed by atoms with Crippen LogP contribution in [0.5, 0.6) is 0 Å². The van der Waals surface area contributed by atoms with Gasteiger partial charge in [-0.1, -0.05) is 13.8 Å². The highest BCUT2D eigenvalue weighted by molar-refractivity contribution is 7.89. The summed E-state index contributed by atoms with van der Waals surface area (Å²) in [5.41, 5.74) is -0.906. The van der Waals surface area contributed by atoms with Crippen molar-refractivity contribution in [3.05, 3.63) is 29.8 Å². The van der Waals surface area contributed by atoms with Crippen LogP contribution >= 0.6 is 0 Å². The van der Waals surface area contributed by atoms with Crippen molar-refractivity contribution in [1.82, 2.24) is 4.72 Å². The van der Waals surface area contributed by atoms with E-state index in [1.165, 1.54) is 0 Å². The first-order valence-corrected chi connectivity index (χ1v) is 7.87. The van der Waals surface area contributed by atoms with Gasteiger partial charge in [0.2, 0.25) is 10.0 Å². The lowest BCUT2D eigenvalue weighted by Gasteiger charge is -2.14. The molecule has 0 saturated heterocycles. The van der Waals surface area contributed by atoms with Crippen LogP contribution in [0.1, 0.15) is 25.8 Å². The Hall–Kier alpha value is -1.12. The molecule has 0 heterocycles. The fourth-order valence-corrected chi connectivity index (χ4v) is 2.63. The number of aliphatic hydroxyl groups excluding tert-OH is 1. The van der Waals surface area contributed by atoms with Crippen LogP contribution < -0.4 is 4.72 Å². The standard InChI is InChI=1S/C13H18F3NO3S/c1-9(2)12(18)7-8-17-21(19,20)11-5-3-10(4-6-11)13(14,15)16/h3-6,9,12,17-18H,7-8H2,1-2H3. The number of alkyl halides is 3. The third kappa shape index (κ3) is 5.29. The van der Waals surface area contributed by atoms with E-state index >= 15 is 0 Å². The van der Waals surface area contributed by atoms with Gasteiger partial charge in [0.1, 0.15) is 0 Å². The van der Waals surface area contributed by atoms with E-state index in [2.05, 4.69) is 4.72 Å². The quantitative estimate of drug-likeness (QED) is 0.844. The van der Waals surface area contributed by atoms with Crippen LogP contribution in [0, 0.1) is 5.92 Å². The molecule has 0 amide bonds. The van der Waals surface area contributed by atoms with Crippen LogP contribution in [0.2, 0.25) is 0 Å². The predicted molar refractivity (Wildman–Crippen MR) is 72.1 cm³/mol. The first-order valence-electron chi connectivity index (χ1n) is 6.39. The van der Waals surface area contributed by atoms with Crippen molar-refractivity contribution in [3.8, 4) is 0 Å². The van der Waals surface area contributed by atoms with Crippen molar-refractivity contribution in [3.63, 3.8) is 0 Å². The van der Waals surface area contributed by atoms with Gasteiger partial charge in [0, 0.05) is 6.54 Å². The van der Waals surface area contributed by atoms with Gasteiger partial charge in [0.25, 0.3) is 0 Å². The van der Waals surface area contributed by atoms with Gasteiger partial charge in [0.15, 0.2) is 0 Å². The van der Waals surface area contributed by atoms with E-state index < -0.39 is 27.9 Å². The molecule has 0 aliphatic heterocycles. The molecule has 0 fully saturated rings. The smallest absolute Gasteiger partial charge is 0.393 e. The molecule has 1 rings (SSSR count). The van der Waals surface area contributed by atoms with Gasteiger partial charge in [-0.25, -0.2) is 13.1 Å². The molecule has 1 aromatic carbocycles. The molecule has 1 unspecified atom stereocenters. The average Bonchev–Trinajstić information content (AvgIpc) is 2.37. The summed E-state index contributed by atoms with van der Waals surface area (Å²) in [7, 11) is -3.87. The molecule has 0 spiro atoms. The number of rotatable bonds is 6. The van der Waals surface area contributed by atoms with Crippen molar-refractivity contribution in [1.29, 1.82) is 0 Å². The maximum atomic E-state index is 12.4. The highest BCUT2D eigenvalue weighted by atomic mass is 32.2. The minimum atomic E-state index is -4.50. The third-order valence-corrected chi connectivity index (χ3v) is 4.47. The molecular weight excluding hydrogens is 307 g/mol. The van der Waals surface area contributed by atoms with Crippen LogP contribution in [-0.4, -0.2) is 26.2 Å². The molecule has 0 saturated carbocycles. The minimum Gasteiger partial charge on any atom is -0.393 e. The Morgan fingerprint density at radius 1 is 1.19 bits per heavy atom. The number of sulfonamides is 1. The fraction of sp³-hybridized carbons (Fsp3) is 0.538. The van der Waals surface area contributed by atoms with Crippen molar-refractivity contribution in [2.75, 3.05) is 6.54 Å². The highest BCUT2D eigenvalue weighted by Gasteiger charge is 2.30. The number of halogens is 3. The Bertz CT molecular complexity index is 553. The zero-order chi connectivity index (χ0) is 16.3. The summed E-state index contributed by atoms with van der Waals surface area (Å²) in [5, 5.41) is 9.56. The van der Waals surface area contributed by atoms with E-state index in [0.717, 1.165) is 24.3 Å². The molecule has 21 heavy (non-hydrogen) atoms. The van der Waals surface area contributed by atoms with E-state index in [1.54, 1.807) is 13.8 Å². The highest BCUT2D eigenvalue weighted by Crippen LogP contribution is 2.29. The van der Waals surface area contributed by atoms with Crippen molar-refractivity contribution >= 4 is 10.0 Å². The number of benzene rings is 1. The second-order valence-electron chi connectivity index (χ2n) is 5.02. The molecular formula is C13H18F3NO3S. The maximum Gasteiger partial charge on any atom is 0.416 e. The minimum absolute atomic E-state index is 0.000531. The third-order valence-electron chi connectivity index (χ3n) is 2.99. The Balaban J connectivity index is 2.71. The summed E-state index contributed by atoms with van der Waals surface area (Å²) in [6.07, 6.45) is -4.91. The van der Waals surface area contributed by atoms with Gasteiger partial charge < -0.3 is 5.11 Å². The summed E-state index contributed by atoms with van der Waals surface area (Å²) in [5.74, 6) is 0.000531. The lowest BCUT2D eigenvalue weighted by molar-refractivity contribution is -0.137. The molecule has 0 aromatic heterocycles. The van der Waals surface area contributed by atoms with Gasteiger partial charge in [-0.15, -0.1) is 0 Å². The number of hydrogen-bond donors (Lipinski definition) is 2. The molecule has 0 radical (unpaired) electrons. The number of hydrogen-bond acceptors (Lipinski definition) is 3. The van der Waals surface area contributed by atoms with Crippen LogP contribution in [0.4, 0.5) is 13.2 Å². The first kappa shape index (κ1) is 17.9. The van der Waals surface area contributed by atoms with Gasteiger partial charge in [-0.2, -0.15) is 13.2 Å². The van der Waals surface area contributed by atoms with Crippen LogP contribution in [0.15, 0.2) is 29.2 Å². The van der Waals surface area contributed by atoms with E-state index in [4.69, 9.17) is 0 Å². The summed E-state index contributed by atoms with van der Waals surface area (Å²) in [6.45, 7) is 3.62. The summed E-state index contributed by atoms with van der Waals surface area (Å²) >= 11 is 0. The SMILES string of the molecule is CC(C)C(O)CCNS(=O)(=O)c1ccc(C(F)(F)F)cc1. The second-order valence-corrected chi connectivity index (χ2v) is 6.79. The fourth-order valence-electron chi connectivity index (χ4n) is 1.58. The molecule has 2 N–H and O–H groups in total. The molecule has 0 bridgehead atoms. The van der Waals surface area contributed by atoms with E-state index in [-0.39, 0.29) is 23.8 Å². The molecule has 1 atom stereocenters. The Morgan fingerprint density at radius 3 is 2.14 bits per heavy atom. The Labute approximate surface area is 122 Å². The lowest BCUT2D eigenvalue weighted by Crippen LogP contribution is -2.28. The van der Waals surface area contributed by atoms with E-state index in [9.17, 15) is 26.7 Å². The zero-order valence-corrected chi connectivity index (χ0v) is 12.5. The molecule has 4 nitrogen and oxygen atoms in total. The average molecular weight is 325 g/mol.